The third-order valence-corrected chi connectivity index (χ3v) is 15.0. The van der Waals surface area contributed by atoms with E-state index in [4.69, 9.17) is 17.2 Å². The van der Waals surface area contributed by atoms with Crippen LogP contribution in [0, 0.1) is 27.7 Å². The molecule has 0 radical (unpaired) electrons. The van der Waals surface area contributed by atoms with Gasteiger partial charge in [0.2, 0.25) is 0 Å². The van der Waals surface area contributed by atoms with Crippen LogP contribution >= 0.6 is 17.2 Å². The topological polar surface area (TPSA) is 0 Å². The van der Waals surface area contributed by atoms with Crippen molar-refractivity contribution in [2.75, 3.05) is 0 Å². The van der Waals surface area contributed by atoms with E-state index in [9.17, 15) is 0 Å². The predicted octanol–water partition coefficient (Wildman–Crippen LogP) is 13.1. The van der Waals surface area contributed by atoms with Crippen LogP contribution in [0.25, 0.3) is 21.5 Å². The summed E-state index contributed by atoms with van der Waals surface area (Å²) in [6.07, 6.45) is 0. The Labute approximate surface area is 292 Å². The monoisotopic (exact) mass is 814 g/mol. The average molecular weight is 814 g/mol. The first kappa shape index (κ1) is 36.3. The fourth-order valence-corrected chi connectivity index (χ4v) is 12.4. The zero-order valence-electron chi connectivity index (χ0n) is 29.1. The minimum atomic E-state index is -2.64. The van der Waals surface area contributed by atoms with Gasteiger partial charge in [-0.05, 0) is 24.7 Å². The molecule has 46 heavy (non-hydrogen) atoms. The summed E-state index contributed by atoms with van der Waals surface area (Å²) in [5.41, 5.74) is 10.9. The Kier molecular flexibility index (Phi) is 11.9. The van der Waals surface area contributed by atoms with Gasteiger partial charge in [0.1, 0.15) is 0 Å². The van der Waals surface area contributed by atoms with Crippen LogP contribution in [0.4, 0.5) is 0 Å². The van der Waals surface area contributed by atoms with Crippen LogP contribution in [0.2, 0.25) is 0 Å². The second-order valence-electron chi connectivity index (χ2n) is 14.5. The van der Waals surface area contributed by atoms with Crippen molar-refractivity contribution in [2.24, 2.45) is 0 Å². The minimum Gasteiger partial charge on any atom is -0.214 e. The van der Waals surface area contributed by atoms with Gasteiger partial charge >= 0.3 is 124 Å². The van der Waals surface area contributed by atoms with Crippen molar-refractivity contribution >= 4 is 42.0 Å². The molecule has 0 spiro atoms. The molecule has 0 aliphatic rings. The van der Waals surface area contributed by atoms with Crippen LogP contribution in [0.5, 0.6) is 0 Å². The van der Waals surface area contributed by atoms with Crippen LogP contribution < -0.4 is 0 Å². The van der Waals surface area contributed by atoms with Crippen molar-refractivity contribution in [3.05, 3.63) is 154 Å². The molecule has 0 aliphatic carbocycles. The molecule has 0 bridgehead atoms. The number of rotatable bonds is 2. The Morgan fingerprint density at radius 2 is 0.935 bits per heavy atom. The minimum absolute atomic E-state index is 0.180. The number of aryl methyl sites for hydroxylation is 4. The second-order valence-corrected chi connectivity index (χ2v) is 25.9. The molecule has 0 aromatic heterocycles. The van der Waals surface area contributed by atoms with Crippen molar-refractivity contribution in [1.29, 1.82) is 0 Å². The Balaban J connectivity index is 0.000000185. The van der Waals surface area contributed by atoms with Crippen molar-refractivity contribution in [2.45, 2.75) is 80.1 Å². The van der Waals surface area contributed by atoms with E-state index in [0.717, 1.165) is 11.1 Å². The number of halogens is 2. The van der Waals surface area contributed by atoms with Gasteiger partial charge in [0.15, 0.2) is 0 Å². The molecule has 6 rings (SSSR count). The second kappa shape index (κ2) is 15.1. The van der Waals surface area contributed by atoms with Gasteiger partial charge in [-0.3, -0.25) is 0 Å². The summed E-state index contributed by atoms with van der Waals surface area (Å²) >= 11 is -2.64. The van der Waals surface area contributed by atoms with Crippen LogP contribution in [0.15, 0.2) is 109 Å². The van der Waals surface area contributed by atoms with E-state index in [1.165, 1.54) is 58.2 Å². The van der Waals surface area contributed by atoms with Gasteiger partial charge in [-0.1, -0.05) is 75.9 Å². The van der Waals surface area contributed by atoms with E-state index >= 15 is 0 Å². The molecule has 240 valence electrons. The van der Waals surface area contributed by atoms with Gasteiger partial charge in [0.05, 0.1) is 0 Å². The number of benzene rings is 4. The average Bonchev–Trinajstić information content (AvgIpc) is 3.65. The van der Waals surface area contributed by atoms with Crippen LogP contribution in [0.3, 0.4) is 0 Å². The fraction of sp³-hybridized carbons (Fsp3) is 0.279. The van der Waals surface area contributed by atoms with E-state index < -0.39 is 18.6 Å². The zero-order chi connectivity index (χ0) is 33.8. The maximum atomic E-state index is 6.33. The first-order chi connectivity index (χ1) is 21.6. The Morgan fingerprint density at radius 3 is 1.22 bits per heavy atom. The molecule has 0 atom stereocenters. The largest absolute Gasteiger partial charge is 0.214 e. The molecule has 0 unspecified atom stereocenters. The molecule has 0 nitrogen and oxygen atoms in total. The molecule has 0 aliphatic heterocycles. The van der Waals surface area contributed by atoms with Gasteiger partial charge in [0.25, 0.3) is 0 Å². The third-order valence-electron chi connectivity index (χ3n) is 8.44. The fourth-order valence-electron chi connectivity index (χ4n) is 6.10. The van der Waals surface area contributed by atoms with Crippen molar-refractivity contribution in [3.63, 3.8) is 0 Å². The molecular formula is C43H48Cl2Hf-2. The van der Waals surface area contributed by atoms with Crippen LogP contribution in [-0.4, -0.2) is 3.26 Å². The maximum absolute atomic E-state index is 6.33. The van der Waals surface area contributed by atoms with E-state index in [1.54, 1.807) is 0 Å². The molecule has 0 saturated carbocycles. The first-order valence-electron chi connectivity index (χ1n) is 16.1. The standard InChI is InChI=1S/C23H29.C15H14.C5H5.2ClH.Hf/c1-14-9-16-11-17-10-15(2)21(23(6,7)8)13-19(17)18(16)12-20(14)22(3,4)5;1-12-3-7-14(8-4-12)11-15-9-5-13(2)6-10-15;1-2-4-5-3-1;;;/h9-13H,1-8H3;3-10H,1-2H3;1-5H;2*1H;/q-1;;-1;;;+2/p-2. The maximum Gasteiger partial charge on any atom is -0.172 e. The van der Waals surface area contributed by atoms with E-state index in [-0.39, 0.29) is 10.8 Å². The molecule has 0 amide bonds. The van der Waals surface area contributed by atoms with Gasteiger partial charge in [0, 0.05) is 0 Å². The van der Waals surface area contributed by atoms with E-state index in [1.807, 2.05) is 30.3 Å². The summed E-state index contributed by atoms with van der Waals surface area (Å²) in [5, 5.41) is 5.55. The van der Waals surface area contributed by atoms with Gasteiger partial charge < -0.3 is 0 Å². The molecule has 6 aromatic rings. The Hall–Kier alpha value is -2.58. The molecule has 0 heterocycles. The summed E-state index contributed by atoms with van der Waals surface area (Å²) in [6.45, 7) is 22.5. The summed E-state index contributed by atoms with van der Waals surface area (Å²) < 4.78 is 1.17. The van der Waals surface area contributed by atoms with Gasteiger partial charge in [-0.2, -0.15) is 18.2 Å². The molecule has 0 saturated heterocycles. The molecule has 0 N–H and O–H groups in total. The summed E-state index contributed by atoms with van der Waals surface area (Å²) in [5.74, 6) is 0. The van der Waals surface area contributed by atoms with Crippen molar-refractivity contribution in [3.8, 4) is 0 Å². The Bertz CT molecular complexity index is 1780. The summed E-state index contributed by atoms with van der Waals surface area (Å²) in [7, 11) is 12.7. The molecule has 6 aromatic carbocycles. The summed E-state index contributed by atoms with van der Waals surface area (Å²) in [4.78, 5) is 0. The third kappa shape index (κ3) is 9.06. The molecule has 0 fully saturated rings. The van der Waals surface area contributed by atoms with Crippen molar-refractivity contribution in [1.82, 2.24) is 0 Å². The first-order valence-corrected chi connectivity index (χ1v) is 26.8. The SMILES string of the molecule is Cc1cc2[cH-]c3cc(C)c(C(C)(C)C)cc3c2cc1C(C)(C)C.Cc1ccc([C](c2ccc(C)cc2)=[Hf]([Cl])[Cl])cc1.c1cc[cH-]c1. The van der Waals surface area contributed by atoms with E-state index in [0.29, 0.717) is 0 Å². The van der Waals surface area contributed by atoms with Gasteiger partial charge in [-0.25, -0.2) is 12.1 Å². The smallest absolute Gasteiger partial charge is 0.172 e. The predicted molar refractivity (Wildman–Crippen MR) is 203 cm³/mol. The van der Waals surface area contributed by atoms with Gasteiger partial charge in [-0.15, -0.1) is 39.7 Å². The number of fused-ring (bicyclic) bond motifs is 3. The summed E-state index contributed by atoms with van der Waals surface area (Å²) in [6, 6.07) is 38.8. The molecular weight excluding hydrogens is 766 g/mol. The van der Waals surface area contributed by atoms with E-state index in [2.05, 4.69) is 148 Å². The molecule has 3 heteroatoms. The normalized spacial score (nSPS) is 11.5. The van der Waals surface area contributed by atoms with Crippen molar-refractivity contribution < 1.29 is 18.6 Å². The van der Waals surface area contributed by atoms with Crippen LogP contribution in [-0.2, 0) is 29.4 Å². The number of hydrogen-bond acceptors (Lipinski definition) is 0. The number of hydrogen-bond donors (Lipinski definition) is 0. The van der Waals surface area contributed by atoms with Crippen LogP contribution in [0.1, 0.15) is 86.1 Å². The zero-order valence-corrected chi connectivity index (χ0v) is 34.3. The Morgan fingerprint density at radius 1 is 0.565 bits per heavy atom. The quantitative estimate of drug-likeness (QED) is 0.121.